The van der Waals surface area contributed by atoms with E-state index in [0.717, 1.165) is 44.8 Å². The number of hydrogen-bond donors (Lipinski definition) is 1. The number of hydrogen-bond acceptors (Lipinski definition) is 7. The summed E-state index contributed by atoms with van der Waals surface area (Å²) in [6.45, 7) is 10.7. The molecule has 9 nitrogen and oxygen atoms in total. The zero-order valence-electron chi connectivity index (χ0n) is 23.2. The number of carbonyl (C=O) groups is 1. The number of nitrogens with one attached hydrogen (secondary N) is 1. The molecule has 2 aliphatic heterocycles. The molecule has 1 aliphatic carbocycles. The zero-order chi connectivity index (χ0) is 26.7. The average Bonchev–Trinajstić information content (AvgIpc) is 2.85. The molecule has 1 amide bonds. The summed E-state index contributed by atoms with van der Waals surface area (Å²) in [4.78, 5) is 20.6. The first-order chi connectivity index (χ1) is 17.6. The molecule has 0 unspecified atom stereocenters. The largest absolute Gasteiger partial charge is 0.497 e. The van der Waals surface area contributed by atoms with Crippen molar-refractivity contribution in [3.8, 4) is 5.75 Å². The minimum atomic E-state index is -3.70. The first-order valence-electron chi connectivity index (χ1n) is 13.7. The van der Waals surface area contributed by atoms with E-state index < -0.39 is 10.0 Å². The molecule has 10 heteroatoms. The van der Waals surface area contributed by atoms with Crippen LogP contribution in [0.5, 0.6) is 5.75 Å². The van der Waals surface area contributed by atoms with Crippen LogP contribution in [0.1, 0.15) is 43.2 Å². The van der Waals surface area contributed by atoms with Crippen LogP contribution >= 0.6 is 0 Å². The van der Waals surface area contributed by atoms with Gasteiger partial charge in [-0.25, -0.2) is 12.7 Å². The SMILES string of the molecule is COc1cc(C)c(S(=O)(=O)N(C)CCC(=O)N[C@H]2CC[C@@H](N3CCN(C4CN(C)C4)CC3)CC2)c(C)c1. The standard InChI is InChI=1S/C27H45N5O4S/c1-20-16-25(36-5)17-21(2)27(20)37(34,35)30(4)11-10-26(33)28-22-6-8-23(9-7-22)31-12-14-32(15-13-31)24-18-29(3)19-24/h16-17,22-24H,6-15,18-19H2,1-5H3,(H,28,33)/t22-,23+. The van der Waals surface area contributed by atoms with E-state index in [0.29, 0.717) is 22.9 Å². The zero-order valence-corrected chi connectivity index (χ0v) is 24.0. The summed E-state index contributed by atoms with van der Waals surface area (Å²) in [6.07, 6.45) is 4.36. The summed E-state index contributed by atoms with van der Waals surface area (Å²) in [5.41, 5.74) is 1.28. The fourth-order valence-corrected chi connectivity index (χ4v) is 7.80. The summed E-state index contributed by atoms with van der Waals surface area (Å²) in [5, 5.41) is 3.16. The van der Waals surface area contributed by atoms with E-state index in [9.17, 15) is 13.2 Å². The Morgan fingerprint density at radius 3 is 2.05 bits per heavy atom. The fourth-order valence-electron chi connectivity index (χ4n) is 6.22. The predicted octanol–water partition coefficient (Wildman–Crippen LogP) is 1.68. The molecule has 3 aliphatic rings. The van der Waals surface area contributed by atoms with E-state index in [4.69, 9.17) is 4.74 Å². The molecule has 0 spiro atoms. The van der Waals surface area contributed by atoms with Gasteiger partial charge in [0.05, 0.1) is 12.0 Å². The van der Waals surface area contributed by atoms with E-state index in [1.54, 1.807) is 40.1 Å². The van der Waals surface area contributed by atoms with Gasteiger partial charge in [-0.15, -0.1) is 0 Å². The molecule has 0 bridgehead atoms. The third-order valence-corrected chi connectivity index (χ3v) is 10.6. The molecule has 2 saturated heterocycles. The Balaban J connectivity index is 1.19. The minimum Gasteiger partial charge on any atom is -0.497 e. The summed E-state index contributed by atoms with van der Waals surface area (Å²) in [6, 6.07) is 5.00. The Kier molecular flexibility index (Phi) is 9.17. The van der Waals surface area contributed by atoms with Crippen LogP contribution in [0.4, 0.5) is 0 Å². The molecule has 1 aromatic carbocycles. The predicted molar refractivity (Wildman–Crippen MR) is 146 cm³/mol. The van der Waals surface area contributed by atoms with Crippen molar-refractivity contribution in [3.05, 3.63) is 23.3 Å². The molecule has 0 atom stereocenters. The number of sulfonamides is 1. The van der Waals surface area contributed by atoms with Gasteiger partial charge in [0.25, 0.3) is 0 Å². The number of aryl methyl sites for hydroxylation is 2. The molecule has 1 saturated carbocycles. The fraction of sp³-hybridized carbons (Fsp3) is 0.741. The molecule has 208 valence electrons. The van der Waals surface area contributed by atoms with E-state index in [2.05, 4.69) is 27.1 Å². The smallest absolute Gasteiger partial charge is 0.243 e. The van der Waals surface area contributed by atoms with E-state index in [1.807, 2.05) is 0 Å². The number of piperazine rings is 1. The van der Waals surface area contributed by atoms with Crippen LogP contribution in [0.2, 0.25) is 0 Å². The minimum absolute atomic E-state index is 0.0762. The Morgan fingerprint density at radius 1 is 1.00 bits per heavy atom. The molecule has 4 rings (SSSR count). The maximum atomic E-state index is 13.2. The number of ether oxygens (including phenoxy) is 1. The monoisotopic (exact) mass is 535 g/mol. The summed E-state index contributed by atoms with van der Waals surface area (Å²) in [7, 11) is 1.60. The number of likely N-dealkylation sites (N-methyl/N-ethyl adjacent to an activating group) is 1. The lowest BCUT2D eigenvalue weighted by Crippen LogP contribution is -2.62. The highest BCUT2D eigenvalue weighted by molar-refractivity contribution is 7.89. The number of nitrogens with zero attached hydrogens (tertiary/aromatic N) is 4. The van der Waals surface area contributed by atoms with Crippen LogP contribution in [-0.2, 0) is 14.8 Å². The van der Waals surface area contributed by atoms with Crippen molar-refractivity contribution in [2.75, 3.05) is 67.0 Å². The second-order valence-corrected chi connectivity index (χ2v) is 13.2. The van der Waals surface area contributed by atoms with Crippen molar-refractivity contribution in [3.63, 3.8) is 0 Å². The van der Waals surface area contributed by atoms with Crippen molar-refractivity contribution in [1.82, 2.24) is 24.3 Å². The van der Waals surface area contributed by atoms with E-state index in [1.165, 1.54) is 30.5 Å². The summed E-state index contributed by atoms with van der Waals surface area (Å²) < 4.78 is 32.9. The molecule has 37 heavy (non-hydrogen) atoms. The van der Waals surface area contributed by atoms with Gasteiger partial charge in [-0.05, 0) is 69.8 Å². The highest BCUT2D eigenvalue weighted by Gasteiger charge is 2.34. The van der Waals surface area contributed by atoms with Crippen molar-refractivity contribution >= 4 is 15.9 Å². The third kappa shape index (κ3) is 6.65. The van der Waals surface area contributed by atoms with Crippen molar-refractivity contribution in [2.45, 2.75) is 69.0 Å². The van der Waals surface area contributed by atoms with Gasteiger partial charge >= 0.3 is 0 Å². The van der Waals surface area contributed by atoms with E-state index >= 15 is 0 Å². The first kappa shape index (κ1) is 28.3. The Morgan fingerprint density at radius 2 is 1.54 bits per heavy atom. The Labute approximate surface area is 223 Å². The molecule has 1 N–H and O–H groups in total. The van der Waals surface area contributed by atoms with Gasteiger partial charge in [0, 0.05) is 77.4 Å². The molecule has 0 aromatic heterocycles. The molecular weight excluding hydrogens is 490 g/mol. The average molecular weight is 536 g/mol. The Hall–Kier alpha value is -1.72. The number of rotatable bonds is 9. The lowest BCUT2D eigenvalue weighted by atomic mass is 9.89. The summed E-state index contributed by atoms with van der Waals surface area (Å²) >= 11 is 0. The normalized spacial score (nSPS) is 24.7. The lowest BCUT2D eigenvalue weighted by molar-refractivity contribution is -0.122. The van der Waals surface area contributed by atoms with Gasteiger partial charge in [-0.3, -0.25) is 14.6 Å². The van der Waals surface area contributed by atoms with Gasteiger partial charge in [0.1, 0.15) is 5.75 Å². The lowest BCUT2D eigenvalue weighted by Gasteiger charge is -2.48. The van der Waals surface area contributed by atoms with Crippen LogP contribution in [0.3, 0.4) is 0 Å². The van der Waals surface area contributed by atoms with Crippen LogP contribution < -0.4 is 10.1 Å². The van der Waals surface area contributed by atoms with Crippen molar-refractivity contribution in [2.24, 2.45) is 0 Å². The molecule has 2 heterocycles. The molecule has 0 radical (unpaired) electrons. The van der Waals surface area contributed by atoms with Crippen LogP contribution in [-0.4, -0.2) is 118 Å². The summed E-state index contributed by atoms with van der Waals surface area (Å²) in [5.74, 6) is 0.558. The number of benzene rings is 1. The van der Waals surface area contributed by atoms with Gasteiger partial charge in [0.15, 0.2) is 0 Å². The van der Waals surface area contributed by atoms with Gasteiger partial charge in [0.2, 0.25) is 15.9 Å². The maximum Gasteiger partial charge on any atom is 0.243 e. The molecule has 1 aromatic rings. The maximum absolute atomic E-state index is 13.2. The first-order valence-corrected chi connectivity index (χ1v) is 15.1. The van der Waals surface area contributed by atoms with Gasteiger partial charge in [-0.2, -0.15) is 0 Å². The van der Waals surface area contributed by atoms with Gasteiger partial charge < -0.3 is 15.0 Å². The highest BCUT2D eigenvalue weighted by atomic mass is 32.2. The second kappa shape index (κ2) is 12.0. The van der Waals surface area contributed by atoms with Crippen molar-refractivity contribution < 1.29 is 17.9 Å². The van der Waals surface area contributed by atoms with Crippen molar-refractivity contribution in [1.29, 1.82) is 0 Å². The van der Waals surface area contributed by atoms with Gasteiger partial charge in [-0.1, -0.05) is 0 Å². The van der Waals surface area contributed by atoms with Crippen LogP contribution in [0, 0.1) is 13.8 Å². The van der Waals surface area contributed by atoms with Crippen LogP contribution in [0.25, 0.3) is 0 Å². The Bertz CT molecular complexity index is 1020. The number of likely N-dealkylation sites (tertiary alicyclic amines) is 1. The quantitative estimate of drug-likeness (QED) is 0.515. The van der Waals surface area contributed by atoms with E-state index in [-0.39, 0.29) is 29.8 Å². The molecule has 3 fully saturated rings. The van der Waals surface area contributed by atoms with Crippen LogP contribution in [0.15, 0.2) is 17.0 Å². The number of methoxy groups -OCH3 is 1. The highest BCUT2D eigenvalue weighted by Crippen LogP contribution is 2.28. The number of amides is 1. The topological polar surface area (TPSA) is 85.4 Å². The number of carbonyl (C=O) groups excluding carboxylic acids is 1. The third-order valence-electron chi connectivity index (χ3n) is 8.48. The molecular formula is C27H45N5O4S. The second-order valence-electron chi connectivity index (χ2n) is 11.2.